The number of ether oxygens (including phenoxy) is 1. The van der Waals surface area contributed by atoms with E-state index in [0.717, 1.165) is 6.42 Å². The van der Waals surface area contributed by atoms with Crippen molar-refractivity contribution < 1.29 is 4.74 Å². The number of hydrogen-bond acceptors (Lipinski definition) is 5. The van der Waals surface area contributed by atoms with Crippen LogP contribution in [0.15, 0.2) is 24.3 Å². The fraction of sp³-hybridized carbons (Fsp3) is 0.375. The van der Waals surface area contributed by atoms with Crippen LogP contribution in [0, 0.1) is 56.2 Å². The fourth-order valence-electron chi connectivity index (χ4n) is 2.61. The Hall–Kier alpha value is -3.02. The second-order valence-electron chi connectivity index (χ2n) is 4.91. The highest BCUT2D eigenvalue weighted by Gasteiger charge is 2.81. The summed E-state index contributed by atoms with van der Waals surface area (Å²) >= 11 is 0. The summed E-state index contributed by atoms with van der Waals surface area (Å²) in [6, 6.07) is 14.3. The zero-order valence-corrected chi connectivity index (χ0v) is 11.5. The zero-order chi connectivity index (χ0) is 15.5. The molecule has 1 saturated carbocycles. The van der Waals surface area contributed by atoms with E-state index in [-0.39, 0.29) is 0 Å². The van der Waals surface area contributed by atoms with Gasteiger partial charge in [0.05, 0.1) is 36.8 Å². The Labute approximate surface area is 123 Å². The van der Waals surface area contributed by atoms with Crippen molar-refractivity contribution in [3.05, 3.63) is 29.8 Å². The van der Waals surface area contributed by atoms with Crippen molar-refractivity contribution in [3.8, 4) is 30.0 Å². The predicted octanol–water partition coefficient (Wildman–Crippen LogP) is 2.64. The van der Waals surface area contributed by atoms with Gasteiger partial charge in [0.2, 0.25) is 0 Å². The lowest BCUT2D eigenvalue weighted by Gasteiger charge is -2.05. The maximum Gasteiger partial charge on any atom is 0.185 e. The Kier molecular flexibility index (Phi) is 3.54. The van der Waals surface area contributed by atoms with E-state index >= 15 is 0 Å². The molecule has 1 aromatic rings. The van der Waals surface area contributed by atoms with Gasteiger partial charge in [-0.2, -0.15) is 21.0 Å². The van der Waals surface area contributed by atoms with E-state index in [1.165, 1.54) is 0 Å². The highest BCUT2D eigenvalue weighted by atomic mass is 16.5. The molecule has 0 aromatic heterocycles. The van der Waals surface area contributed by atoms with E-state index in [1.807, 2.05) is 31.2 Å². The van der Waals surface area contributed by atoms with E-state index in [2.05, 4.69) is 0 Å². The summed E-state index contributed by atoms with van der Waals surface area (Å²) in [6.45, 7) is 2.60. The number of hydrogen-bond donors (Lipinski definition) is 0. The van der Waals surface area contributed by atoms with E-state index < -0.39 is 16.7 Å². The molecule has 102 valence electrons. The number of benzene rings is 1. The van der Waals surface area contributed by atoms with Crippen LogP contribution in [0.2, 0.25) is 0 Å². The topological polar surface area (TPSA) is 104 Å². The molecule has 0 unspecified atom stereocenters. The van der Waals surface area contributed by atoms with Gasteiger partial charge in [0.15, 0.2) is 10.8 Å². The summed E-state index contributed by atoms with van der Waals surface area (Å²) < 4.78 is 5.46. The maximum atomic E-state index is 9.26. The third-order valence-corrected chi connectivity index (χ3v) is 3.80. The Bertz CT molecular complexity index is 643. The second kappa shape index (κ2) is 5.16. The lowest BCUT2D eigenvalue weighted by Crippen LogP contribution is -2.05. The summed E-state index contributed by atoms with van der Waals surface area (Å²) in [7, 11) is 0. The lowest BCUT2D eigenvalue weighted by molar-refractivity contribution is 0.317. The molecule has 2 rings (SSSR count). The van der Waals surface area contributed by atoms with Crippen LogP contribution in [0.3, 0.4) is 0 Å². The quantitative estimate of drug-likeness (QED) is 0.840. The zero-order valence-electron chi connectivity index (χ0n) is 11.5. The van der Waals surface area contributed by atoms with Gasteiger partial charge in [-0.1, -0.05) is 19.1 Å². The van der Waals surface area contributed by atoms with Gasteiger partial charge in [0.25, 0.3) is 0 Å². The van der Waals surface area contributed by atoms with Gasteiger partial charge in [0, 0.05) is 0 Å². The summed E-state index contributed by atoms with van der Waals surface area (Å²) in [6.07, 6.45) is 0.891. The third kappa shape index (κ3) is 1.80. The molecule has 0 heterocycles. The third-order valence-electron chi connectivity index (χ3n) is 3.80. The molecule has 1 fully saturated rings. The summed E-state index contributed by atoms with van der Waals surface area (Å²) in [5, 5.41) is 37.0. The van der Waals surface area contributed by atoms with Crippen LogP contribution in [0.5, 0.6) is 5.75 Å². The van der Waals surface area contributed by atoms with Crippen LogP contribution in [0.1, 0.15) is 24.8 Å². The molecule has 5 nitrogen and oxygen atoms in total. The molecule has 1 aliphatic rings. The molecule has 21 heavy (non-hydrogen) atoms. The first-order valence-corrected chi connectivity index (χ1v) is 6.53. The van der Waals surface area contributed by atoms with E-state index in [1.54, 1.807) is 24.3 Å². The number of nitrogens with zero attached hydrogens (tertiary/aromatic N) is 4. The molecule has 0 atom stereocenters. The maximum absolute atomic E-state index is 9.26. The fourth-order valence-corrected chi connectivity index (χ4v) is 2.61. The summed E-state index contributed by atoms with van der Waals surface area (Å²) in [5.74, 6) is -0.0319. The van der Waals surface area contributed by atoms with Crippen LogP contribution in [-0.4, -0.2) is 6.61 Å². The molecule has 1 aliphatic carbocycles. The highest BCUT2D eigenvalue weighted by Crippen LogP contribution is 2.73. The normalized spacial score (nSPS) is 17.6. The highest BCUT2D eigenvalue weighted by molar-refractivity contribution is 5.59. The Morgan fingerprint density at radius 1 is 0.952 bits per heavy atom. The van der Waals surface area contributed by atoms with Crippen LogP contribution < -0.4 is 4.74 Å². The van der Waals surface area contributed by atoms with Crippen molar-refractivity contribution in [3.63, 3.8) is 0 Å². The molecule has 0 radical (unpaired) electrons. The summed E-state index contributed by atoms with van der Waals surface area (Å²) in [4.78, 5) is 0. The minimum atomic E-state index is -1.59. The van der Waals surface area contributed by atoms with Crippen LogP contribution in [0.4, 0.5) is 0 Å². The molecule has 0 saturated heterocycles. The minimum Gasteiger partial charge on any atom is -0.494 e. The predicted molar refractivity (Wildman–Crippen MR) is 72.3 cm³/mol. The van der Waals surface area contributed by atoms with Crippen molar-refractivity contribution in [2.24, 2.45) is 10.8 Å². The molecular weight excluding hydrogens is 264 g/mol. The minimum absolute atomic E-state index is 0.601. The number of rotatable bonds is 4. The van der Waals surface area contributed by atoms with Gasteiger partial charge in [0.1, 0.15) is 5.75 Å². The Morgan fingerprint density at radius 3 is 1.81 bits per heavy atom. The molecule has 0 amide bonds. The van der Waals surface area contributed by atoms with E-state index in [4.69, 9.17) is 4.74 Å². The smallest absolute Gasteiger partial charge is 0.185 e. The first kappa shape index (κ1) is 14.4. The average molecular weight is 276 g/mol. The molecule has 0 N–H and O–H groups in total. The molecule has 0 spiro atoms. The monoisotopic (exact) mass is 276 g/mol. The SMILES string of the molecule is CCCOc1ccc(C2C(C#N)(C#N)C2(C#N)C#N)cc1. The van der Waals surface area contributed by atoms with Crippen molar-refractivity contribution in [2.75, 3.05) is 6.61 Å². The molecule has 1 aromatic carbocycles. The Balaban J connectivity index is 2.36. The van der Waals surface area contributed by atoms with Crippen LogP contribution >= 0.6 is 0 Å². The van der Waals surface area contributed by atoms with Crippen LogP contribution in [0.25, 0.3) is 0 Å². The average Bonchev–Trinajstić information content (AvgIpc) is 3.16. The molecule has 0 aliphatic heterocycles. The molecule has 0 bridgehead atoms. The first-order chi connectivity index (χ1) is 10.2. The Morgan fingerprint density at radius 2 is 1.43 bits per heavy atom. The lowest BCUT2D eigenvalue weighted by atomic mass is 9.98. The van der Waals surface area contributed by atoms with Gasteiger partial charge < -0.3 is 4.74 Å². The second-order valence-corrected chi connectivity index (χ2v) is 4.91. The van der Waals surface area contributed by atoms with Crippen molar-refractivity contribution >= 4 is 0 Å². The molecular formula is C16H12N4O. The van der Waals surface area contributed by atoms with E-state index in [9.17, 15) is 21.0 Å². The van der Waals surface area contributed by atoms with Crippen molar-refractivity contribution in [1.29, 1.82) is 21.0 Å². The van der Waals surface area contributed by atoms with Gasteiger partial charge in [-0.25, -0.2) is 0 Å². The summed E-state index contributed by atoms with van der Waals surface area (Å²) in [5.41, 5.74) is -2.56. The first-order valence-electron chi connectivity index (χ1n) is 6.53. The van der Waals surface area contributed by atoms with Gasteiger partial charge >= 0.3 is 0 Å². The van der Waals surface area contributed by atoms with Crippen LogP contribution in [-0.2, 0) is 0 Å². The van der Waals surface area contributed by atoms with Crippen molar-refractivity contribution in [1.82, 2.24) is 0 Å². The van der Waals surface area contributed by atoms with E-state index in [0.29, 0.717) is 17.9 Å². The number of nitriles is 4. The van der Waals surface area contributed by atoms with Gasteiger partial charge in [-0.15, -0.1) is 0 Å². The van der Waals surface area contributed by atoms with Gasteiger partial charge in [-0.05, 0) is 24.1 Å². The van der Waals surface area contributed by atoms with Crippen molar-refractivity contribution in [2.45, 2.75) is 19.3 Å². The van der Waals surface area contributed by atoms with Gasteiger partial charge in [-0.3, -0.25) is 0 Å². The molecule has 5 heteroatoms. The largest absolute Gasteiger partial charge is 0.494 e. The standard InChI is InChI=1S/C16H12N4O/c1-2-7-21-13-5-3-12(4-6-13)14-15(8-17,9-18)16(14,10-19)11-20/h3-6,14H,2,7H2,1H3.